The minimum absolute atomic E-state index is 0.183. The van der Waals surface area contributed by atoms with E-state index in [0.29, 0.717) is 29.9 Å². The summed E-state index contributed by atoms with van der Waals surface area (Å²) in [6, 6.07) is 29.2. The zero-order chi connectivity index (χ0) is 33.7. The Hall–Kier alpha value is -4.28. The van der Waals surface area contributed by atoms with Gasteiger partial charge in [0.25, 0.3) is 5.91 Å². The van der Waals surface area contributed by atoms with Crippen LogP contribution in [-0.4, -0.2) is 53.7 Å². The van der Waals surface area contributed by atoms with Crippen molar-refractivity contribution in [2.45, 2.75) is 67.0 Å². The lowest BCUT2D eigenvalue weighted by atomic mass is 9.85. The Morgan fingerprint density at radius 2 is 1.58 bits per heavy atom. The van der Waals surface area contributed by atoms with Gasteiger partial charge in [-0.3, -0.25) is 14.6 Å². The van der Waals surface area contributed by atoms with Gasteiger partial charge in [0.2, 0.25) is 5.91 Å². The quantitative estimate of drug-likeness (QED) is 0.183. The number of hydrogen-bond acceptors (Lipinski definition) is 5. The molecule has 0 radical (unpaired) electrons. The van der Waals surface area contributed by atoms with E-state index in [1.807, 2.05) is 60.7 Å². The molecule has 2 amide bonds. The highest BCUT2D eigenvalue weighted by molar-refractivity contribution is 7.99. The minimum Gasteiger partial charge on any atom is -0.457 e. The maximum absolute atomic E-state index is 14.5. The maximum Gasteiger partial charge on any atom is 0.407 e. The first kappa shape index (κ1) is 33.6. The van der Waals surface area contributed by atoms with Crippen LogP contribution in [0.3, 0.4) is 0 Å². The normalized spacial score (nSPS) is 16.5. The van der Waals surface area contributed by atoms with Gasteiger partial charge in [-0.05, 0) is 78.8 Å². The highest BCUT2D eigenvalue weighted by Gasteiger charge is 2.43. The van der Waals surface area contributed by atoms with Crippen LogP contribution in [0.1, 0.15) is 65.6 Å². The molecule has 0 aromatic heterocycles. The molecular weight excluding hydrogens is 635 g/mol. The summed E-state index contributed by atoms with van der Waals surface area (Å²) in [7, 11) is 0. The van der Waals surface area contributed by atoms with Gasteiger partial charge < -0.3 is 10.1 Å². The topological polar surface area (TPSA) is 61.9 Å². The largest absolute Gasteiger partial charge is 0.457 e. The third-order valence-electron chi connectivity index (χ3n) is 8.78. The molecule has 2 aliphatic rings. The van der Waals surface area contributed by atoms with E-state index in [0.717, 1.165) is 50.8 Å². The number of carbonyl (C=O) groups excluding carboxylic acids is 2. The predicted octanol–water partition coefficient (Wildman–Crippen LogP) is 8.62. The number of nitrogens with one attached hydrogen (secondary N) is 1. The zero-order valence-corrected chi connectivity index (χ0v) is 27.5. The molecule has 250 valence electrons. The van der Waals surface area contributed by atoms with Crippen LogP contribution in [0.25, 0.3) is 0 Å². The summed E-state index contributed by atoms with van der Waals surface area (Å²) in [5.74, 6) is -0.758. The monoisotopic (exact) mass is 673 g/mol. The van der Waals surface area contributed by atoms with Crippen LogP contribution in [-0.2, 0) is 11.2 Å². The number of para-hydroxylation sites is 2. The molecule has 4 aromatic rings. The molecular formula is C38H38F3N3O3S. The number of amides is 2. The first-order valence-electron chi connectivity index (χ1n) is 16.4. The van der Waals surface area contributed by atoms with Crippen LogP contribution >= 0.6 is 11.8 Å². The standard InChI is InChI=1S/C38H38F3N3O3S/c1-2-3-12-26-13-11-20-33-34(26)35(30-17-8-10-19-32(30)48-33)37(46)44(25-38(39,40)41)43-23-21-27(22-24-43)42-36(45)29-16-7-9-18-31(29)47-28-14-5-4-6-15-28/h4-11,13-20,27,35H,2-3,12,21-25H2,1H3,(H,42,45). The zero-order valence-electron chi connectivity index (χ0n) is 26.7. The second-order valence-corrected chi connectivity index (χ2v) is 13.2. The fourth-order valence-corrected chi connectivity index (χ4v) is 7.64. The summed E-state index contributed by atoms with van der Waals surface area (Å²) < 4.78 is 48.4. The molecule has 2 aliphatic heterocycles. The molecule has 6 rings (SSSR count). The first-order chi connectivity index (χ1) is 23.2. The molecule has 2 heterocycles. The number of unbranched alkanes of at least 4 members (excludes halogenated alkanes) is 1. The van der Waals surface area contributed by atoms with Crippen LogP contribution < -0.4 is 10.1 Å². The lowest BCUT2D eigenvalue weighted by molar-refractivity contribution is -0.194. The van der Waals surface area contributed by atoms with Gasteiger partial charge in [-0.25, -0.2) is 5.01 Å². The number of ether oxygens (including phenoxy) is 1. The average Bonchev–Trinajstić information content (AvgIpc) is 3.09. The van der Waals surface area contributed by atoms with Crippen molar-refractivity contribution < 1.29 is 27.5 Å². The summed E-state index contributed by atoms with van der Waals surface area (Å²) >= 11 is 1.56. The van der Waals surface area contributed by atoms with Gasteiger partial charge in [-0.15, -0.1) is 0 Å². The van der Waals surface area contributed by atoms with E-state index in [4.69, 9.17) is 4.74 Å². The van der Waals surface area contributed by atoms with Gasteiger partial charge in [-0.2, -0.15) is 13.2 Å². The number of hydrazine groups is 1. The maximum atomic E-state index is 14.5. The van der Waals surface area contributed by atoms with E-state index in [1.54, 1.807) is 48.2 Å². The van der Waals surface area contributed by atoms with Crippen molar-refractivity contribution in [2.75, 3.05) is 19.6 Å². The molecule has 48 heavy (non-hydrogen) atoms. The Morgan fingerprint density at radius 1 is 0.896 bits per heavy atom. The number of piperidine rings is 1. The highest BCUT2D eigenvalue weighted by atomic mass is 32.2. The van der Waals surface area contributed by atoms with E-state index in [-0.39, 0.29) is 25.0 Å². The van der Waals surface area contributed by atoms with Crippen molar-refractivity contribution >= 4 is 23.6 Å². The van der Waals surface area contributed by atoms with E-state index >= 15 is 0 Å². The lowest BCUT2D eigenvalue weighted by Crippen LogP contribution is -2.56. The summed E-state index contributed by atoms with van der Waals surface area (Å²) in [5.41, 5.74) is 2.91. The van der Waals surface area contributed by atoms with E-state index < -0.39 is 24.5 Å². The van der Waals surface area contributed by atoms with E-state index in [9.17, 15) is 22.8 Å². The SMILES string of the molecule is CCCCc1cccc2c1C(C(=O)N(CC(F)(F)F)N1CCC(NC(=O)c3ccccc3Oc3ccccc3)CC1)c1ccccc1S2. The molecule has 0 spiro atoms. The summed E-state index contributed by atoms with van der Waals surface area (Å²) in [6.45, 7) is 1.08. The van der Waals surface area contributed by atoms with Crippen molar-refractivity contribution in [1.82, 2.24) is 15.3 Å². The Morgan fingerprint density at radius 3 is 2.33 bits per heavy atom. The Kier molecular flexibility index (Phi) is 10.4. The van der Waals surface area contributed by atoms with Crippen LogP contribution in [0.5, 0.6) is 11.5 Å². The third kappa shape index (κ3) is 7.71. The average molecular weight is 674 g/mol. The van der Waals surface area contributed by atoms with E-state index in [1.165, 1.54) is 5.01 Å². The number of nitrogens with zero attached hydrogens (tertiary/aromatic N) is 2. The van der Waals surface area contributed by atoms with Gasteiger partial charge in [0.15, 0.2) is 0 Å². The molecule has 1 unspecified atom stereocenters. The number of rotatable bonds is 10. The number of fused-ring (bicyclic) bond motifs is 2. The summed E-state index contributed by atoms with van der Waals surface area (Å²) in [5, 5.41) is 5.47. The molecule has 4 aromatic carbocycles. The van der Waals surface area contributed by atoms with E-state index in [2.05, 4.69) is 12.2 Å². The van der Waals surface area contributed by atoms with Crippen molar-refractivity contribution in [3.63, 3.8) is 0 Å². The molecule has 1 atom stereocenters. The first-order valence-corrected chi connectivity index (χ1v) is 17.2. The molecule has 6 nitrogen and oxygen atoms in total. The van der Waals surface area contributed by atoms with Crippen molar-refractivity contribution in [3.05, 3.63) is 119 Å². The molecule has 0 bridgehead atoms. The van der Waals surface area contributed by atoms with Crippen molar-refractivity contribution in [1.29, 1.82) is 0 Å². The molecule has 0 saturated carbocycles. The summed E-state index contributed by atoms with van der Waals surface area (Å²) in [6.07, 6.45) is -1.22. The lowest BCUT2D eigenvalue weighted by Gasteiger charge is -2.42. The Bertz CT molecular complexity index is 1740. The Labute approximate surface area is 283 Å². The second-order valence-electron chi connectivity index (χ2n) is 12.1. The number of alkyl halides is 3. The third-order valence-corrected chi connectivity index (χ3v) is 9.94. The number of carbonyl (C=O) groups is 2. The molecule has 1 saturated heterocycles. The van der Waals surface area contributed by atoms with Crippen LogP contribution in [0.4, 0.5) is 13.2 Å². The number of halogens is 3. The van der Waals surface area contributed by atoms with Crippen LogP contribution in [0.2, 0.25) is 0 Å². The summed E-state index contributed by atoms with van der Waals surface area (Å²) in [4.78, 5) is 29.7. The molecule has 0 aliphatic carbocycles. The minimum atomic E-state index is -4.60. The van der Waals surface area contributed by atoms with Crippen molar-refractivity contribution in [3.8, 4) is 11.5 Å². The Balaban J connectivity index is 1.21. The smallest absolute Gasteiger partial charge is 0.407 e. The molecule has 1 fully saturated rings. The predicted molar refractivity (Wildman–Crippen MR) is 180 cm³/mol. The number of hydrogen-bond donors (Lipinski definition) is 1. The molecule has 1 N–H and O–H groups in total. The highest BCUT2D eigenvalue weighted by Crippen LogP contribution is 2.48. The van der Waals surface area contributed by atoms with Gasteiger partial charge >= 0.3 is 6.18 Å². The van der Waals surface area contributed by atoms with Gasteiger partial charge in [0.05, 0.1) is 11.5 Å². The van der Waals surface area contributed by atoms with Gasteiger partial charge in [0.1, 0.15) is 18.0 Å². The molecule has 10 heteroatoms. The van der Waals surface area contributed by atoms with Gasteiger partial charge in [0, 0.05) is 28.9 Å². The fourth-order valence-electron chi connectivity index (χ4n) is 6.44. The number of benzene rings is 4. The second kappa shape index (κ2) is 14.9. The van der Waals surface area contributed by atoms with Gasteiger partial charge in [-0.1, -0.05) is 85.8 Å². The number of aryl methyl sites for hydroxylation is 1. The van der Waals surface area contributed by atoms with Crippen LogP contribution in [0, 0.1) is 0 Å². The fraction of sp³-hybridized carbons (Fsp3) is 0.316. The van der Waals surface area contributed by atoms with Crippen LogP contribution in [0.15, 0.2) is 107 Å². The van der Waals surface area contributed by atoms with Crippen molar-refractivity contribution in [2.24, 2.45) is 0 Å².